The molecule has 2 aromatic rings. The van der Waals surface area contributed by atoms with Crippen molar-refractivity contribution in [3.8, 4) is 5.75 Å². The van der Waals surface area contributed by atoms with Crippen molar-refractivity contribution in [3.63, 3.8) is 0 Å². The molecule has 0 aliphatic carbocycles. The summed E-state index contributed by atoms with van der Waals surface area (Å²) < 4.78 is 1.49. The first-order valence-corrected chi connectivity index (χ1v) is 8.64. The lowest BCUT2D eigenvalue weighted by Crippen LogP contribution is -2.29. The lowest BCUT2D eigenvalue weighted by Gasteiger charge is -2.13. The first-order valence-electron chi connectivity index (χ1n) is 7.66. The van der Waals surface area contributed by atoms with E-state index in [9.17, 15) is 14.7 Å². The van der Waals surface area contributed by atoms with Crippen LogP contribution in [0.1, 0.15) is 37.0 Å². The van der Waals surface area contributed by atoms with Crippen LogP contribution >= 0.6 is 11.8 Å². The molecule has 1 amide bonds. The Balaban J connectivity index is 2.31. The van der Waals surface area contributed by atoms with Gasteiger partial charge in [-0.2, -0.15) is 5.10 Å². The molecular formula is C15H20N4O4S. The minimum atomic E-state index is -1.17. The number of fused-ring (bicyclic) bond motifs is 1. The van der Waals surface area contributed by atoms with Crippen molar-refractivity contribution in [2.24, 2.45) is 5.92 Å². The second-order valence-corrected chi connectivity index (χ2v) is 6.35. The number of carbonyl (C=O) groups is 2. The number of hydrogen-bond donors (Lipinski definition) is 3. The molecule has 2 aromatic heterocycles. The molecule has 8 nitrogen and oxygen atoms in total. The summed E-state index contributed by atoms with van der Waals surface area (Å²) in [6.07, 6.45) is 3.42. The molecule has 0 atom stereocenters. The number of carbonyl (C=O) groups excluding carboxylic acids is 1. The summed E-state index contributed by atoms with van der Waals surface area (Å²) >= 11 is 1.54. The van der Waals surface area contributed by atoms with E-state index >= 15 is 0 Å². The fourth-order valence-electron chi connectivity index (χ4n) is 2.23. The first-order chi connectivity index (χ1) is 11.5. The zero-order valence-electron chi connectivity index (χ0n) is 13.5. The third-order valence-corrected chi connectivity index (χ3v) is 4.97. The Morgan fingerprint density at radius 2 is 2.08 bits per heavy atom. The van der Waals surface area contributed by atoms with Crippen molar-refractivity contribution < 1.29 is 19.8 Å². The number of pyridine rings is 1. The van der Waals surface area contributed by atoms with Crippen LogP contribution in [-0.4, -0.2) is 49.0 Å². The molecule has 130 valence electrons. The number of amides is 1. The van der Waals surface area contributed by atoms with Gasteiger partial charge in [-0.15, -0.1) is 11.8 Å². The van der Waals surface area contributed by atoms with Gasteiger partial charge in [-0.25, -0.2) is 9.50 Å². The van der Waals surface area contributed by atoms with Crippen LogP contribution in [0, 0.1) is 5.92 Å². The summed E-state index contributed by atoms with van der Waals surface area (Å²) in [5.74, 6) is -0.701. The molecule has 0 unspecified atom stereocenters. The van der Waals surface area contributed by atoms with Crippen molar-refractivity contribution in [1.29, 1.82) is 0 Å². The zero-order valence-corrected chi connectivity index (χ0v) is 14.3. The lowest BCUT2D eigenvalue weighted by atomic mass is 10.1. The molecular weight excluding hydrogens is 332 g/mol. The largest absolute Gasteiger partial charge is 0.507 e. The molecule has 0 fully saturated rings. The van der Waals surface area contributed by atoms with Crippen LogP contribution in [0.2, 0.25) is 0 Å². The van der Waals surface area contributed by atoms with Gasteiger partial charge >= 0.3 is 5.97 Å². The van der Waals surface area contributed by atoms with E-state index in [0.717, 1.165) is 18.6 Å². The quantitative estimate of drug-likeness (QED) is 0.620. The first kappa shape index (κ1) is 18.1. The van der Waals surface area contributed by atoms with E-state index in [2.05, 4.69) is 29.2 Å². The van der Waals surface area contributed by atoms with Gasteiger partial charge in [0, 0.05) is 11.8 Å². The number of nitrogens with zero attached hydrogens (tertiary/aromatic N) is 3. The number of aliphatic carboxylic acids is 1. The second kappa shape index (κ2) is 8.00. The molecule has 0 aliphatic heterocycles. The molecule has 0 aromatic carbocycles. The normalized spacial score (nSPS) is 11.1. The SMILES string of the molecule is CCC(CC)CSc1cc(O)c(C(=O)NCC(=O)O)c2ncnn12. The third-order valence-electron chi connectivity index (χ3n) is 3.75. The fraction of sp³-hybridized carbons (Fsp3) is 0.467. The van der Waals surface area contributed by atoms with Gasteiger partial charge in [0.2, 0.25) is 0 Å². The van der Waals surface area contributed by atoms with Crippen molar-refractivity contribution in [2.75, 3.05) is 12.3 Å². The van der Waals surface area contributed by atoms with E-state index in [0.29, 0.717) is 10.9 Å². The number of rotatable bonds is 8. The van der Waals surface area contributed by atoms with Crippen LogP contribution in [-0.2, 0) is 4.79 Å². The van der Waals surface area contributed by atoms with Crippen LogP contribution in [0.3, 0.4) is 0 Å². The van der Waals surface area contributed by atoms with Crippen molar-refractivity contribution in [3.05, 3.63) is 18.0 Å². The highest BCUT2D eigenvalue weighted by Gasteiger charge is 2.21. The number of hydrogen-bond acceptors (Lipinski definition) is 6. The molecule has 0 spiro atoms. The maximum Gasteiger partial charge on any atom is 0.322 e. The highest BCUT2D eigenvalue weighted by Crippen LogP contribution is 2.30. The van der Waals surface area contributed by atoms with Gasteiger partial charge in [-0.3, -0.25) is 9.59 Å². The van der Waals surface area contributed by atoms with E-state index in [-0.39, 0.29) is 17.0 Å². The van der Waals surface area contributed by atoms with Crippen LogP contribution in [0.4, 0.5) is 0 Å². The summed E-state index contributed by atoms with van der Waals surface area (Å²) in [6, 6.07) is 1.46. The van der Waals surface area contributed by atoms with Gasteiger partial charge in [-0.05, 0) is 5.92 Å². The molecule has 0 saturated heterocycles. The average Bonchev–Trinajstić information content (AvgIpc) is 3.02. The fourth-order valence-corrected chi connectivity index (χ4v) is 3.56. The van der Waals surface area contributed by atoms with Crippen LogP contribution in [0.25, 0.3) is 5.65 Å². The second-order valence-electron chi connectivity index (χ2n) is 5.31. The molecule has 0 aliphatic rings. The molecule has 2 rings (SSSR count). The predicted molar refractivity (Wildman–Crippen MR) is 89.4 cm³/mol. The Labute approximate surface area is 143 Å². The van der Waals surface area contributed by atoms with Gasteiger partial charge in [-0.1, -0.05) is 26.7 Å². The number of aromatic nitrogens is 3. The van der Waals surface area contributed by atoms with E-state index in [4.69, 9.17) is 5.11 Å². The average molecular weight is 352 g/mol. The van der Waals surface area contributed by atoms with Gasteiger partial charge in [0.1, 0.15) is 29.2 Å². The molecule has 0 saturated carbocycles. The topological polar surface area (TPSA) is 117 Å². The number of nitrogens with one attached hydrogen (secondary N) is 1. The third kappa shape index (κ3) is 3.97. The number of carboxylic acids is 1. The van der Waals surface area contributed by atoms with Gasteiger partial charge < -0.3 is 15.5 Å². The minimum absolute atomic E-state index is 0.0827. The van der Waals surface area contributed by atoms with Gasteiger partial charge in [0.05, 0.1) is 0 Å². The summed E-state index contributed by atoms with van der Waals surface area (Å²) in [4.78, 5) is 26.7. The van der Waals surface area contributed by atoms with E-state index < -0.39 is 18.4 Å². The maximum absolute atomic E-state index is 12.1. The van der Waals surface area contributed by atoms with Crippen LogP contribution < -0.4 is 5.32 Å². The summed E-state index contributed by atoms with van der Waals surface area (Å²) in [6.45, 7) is 3.73. The highest BCUT2D eigenvalue weighted by atomic mass is 32.2. The van der Waals surface area contributed by atoms with Gasteiger partial charge in [0.15, 0.2) is 5.65 Å². The van der Waals surface area contributed by atoms with Crippen molar-refractivity contribution >= 4 is 29.3 Å². The number of thioether (sulfide) groups is 1. The summed E-state index contributed by atoms with van der Waals surface area (Å²) in [5.41, 5.74) is 0.116. The molecule has 0 radical (unpaired) electrons. The Morgan fingerprint density at radius 3 is 2.71 bits per heavy atom. The minimum Gasteiger partial charge on any atom is -0.507 e. The number of aromatic hydroxyl groups is 1. The predicted octanol–water partition coefficient (Wildman–Crippen LogP) is 1.78. The van der Waals surface area contributed by atoms with E-state index in [1.54, 1.807) is 0 Å². The van der Waals surface area contributed by atoms with Crippen LogP contribution in [0.15, 0.2) is 17.4 Å². The molecule has 0 bridgehead atoms. The number of carboxylic acid groups (broad SMARTS) is 1. The standard InChI is InChI=1S/C15H20N4O4S/c1-3-9(4-2)7-24-11-5-10(20)13(14-17-8-18-19(11)14)15(23)16-6-12(21)22/h5,8-9,20H,3-4,6-7H2,1-2H3,(H,16,23)(H,21,22). The lowest BCUT2D eigenvalue weighted by molar-refractivity contribution is -0.135. The Bertz CT molecular complexity index is 742. The Morgan fingerprint density at radius 1 is 1.38 bits per heavy atom. The molecule has 9 heteroatoms. The Hall–Kier alpha value is -2.29. The molecule has 2 heterocycles. The zero-order chi connectivity index (χ0) is 17.7. The summed E-state index contributed by atoms with van der Waals surface area (Å²) in [7, 11) is 0. The Kier molecular flexibility index (Phi) is 6.02. The highest BCUT2D eigenvalue weighted by molar-refractivity contribution is 7.99. The van der Waals surface area contributed by atoms with E-state index in [1.807, 2.05) is 0 Å². The van der Waals surface area contributed by atoms with Crippen molar-refractivity contribution in [1.82, 2.24) is 19.9 Å². The van der Waals surface area contributed by atoms with Gasteiger partial charge in [0.25, 0.3) is 5.91 Å². The van der Waals surface area contributed by atoms with E-state index in [1.165, 1.54) is 28.7 Å². The molecule has 24 heavy (non-hydrogen) atoms. The maximum atomic E-state index is 12.1. The van der Waals surface area contributed by atoms with Crippen LogP contribution in [0.5, 0.6) is 5.75 Å². The summed E-state index contributed by atoms with van der Waals surface area (Å²) in [5, 5.41) is 25.9. The van der Waals surface area contributed by atoms with Crippen molar-refractivity contribution in [2.45, 2.75) is 31.7 Å². The molecule has 3 N–H and O–H groups in total. The monoisotopic (exact) mass is 352 g/mol. The smallest absolute Gasteiger partial charge is 0.322 e.